The first kappa shape index (κ1) is 19.7. The zero-order chi connectivity index (χ0) is 20.4. The van der Waals surface area contributed by atoms with Crippen LogP contribution < -0.4 is 10.3 Å². The molecule has 3 rings (SSSR count). The van der Waals surface area contributed by atoms with Crippen molar-refractivity contribution in [2.24, 2.45) is 0 Å². The largest absolute Gasteiger partial charge is 0.489 e. The van der Waals surface area contributed by atoms with Gasteiger partial charge in [0.1, 0.15) is 18.1 Å². The van der Waals surface area contributed by atoms with Gasteiger partial charge in [0.25, 0.3) is 5.56 Å². The van der Waals surface area contributed by atoms with E-state index < -0.39 is 35.3 Å². The van der Waals surface area contributed by atoms with Crippen LogP contribution in [0, 0.1) is 0 Å². The summed E-state index contributed by atoms with van der Waals surface area (Å²) in [6.07, 6.45) is -6.29. The highest BCUT2D eigenvalue weighted by atomic mass is 19.4. The maximum atomic E-state index is 13.8. The van der Waals surface area contributed by atoms with Crippen molar-refractivity contribution in [2.75, 3.05) is 0 Å². The number of alkyl halides is 5. The Hall–Kier alpha value is -3.10. The monoisotopic (exact) mass is 398 g/mol. The summed E-state index contributed by atoms with van der Waals surface area (Å²) in [6.45, 7) is 0.174. The second-order valence-electron chi connectivity index (χ2n) is 6.06. The average molecular weight is 398 g/mol. The molecule has 0 spiro atoms. The highest BCUT2D eigenvalue weighted by molar-refractivity contribution is 5.39. The number of halogens is 5. The zero-order valence-corrected chi connectivity index (χ0v) is 14.3. The number of nitrogens with one attached hydrogen (secondary N) is 2. The van der Waals surface area contributed by atoms with Crippen molar-refractivity contribution in [2.45, 2.75) is 25.1 Å². The molecule has 0 bridgehead atoms. The summed E-state index contributed by atoms with van der Waals surface area (Å²) >= 11 is 0. The lowest BCUT2D eigenvalue weighted by Crippen LogP contribution is -2.35. The number of para-hydroxylation sites is 1. The van der Waals surface area contributed by atoms with Crippen LogP contribution in [0.15, 0.2) is 59.4 Å². The number of hydrogen-bond acceptors (Lipinski definition) is 2. The predicted molar refractivity (Wildman–Crippen MR) is 91.4 cm³/mol. The van der Waals surface area contributed by atoms with E-state index in [2.05, 4.69) is 0 Å². The fraction of sp³-hybridized carbons (Fsp3) is 0.211. The minimum Gasteiger partial charge on any atom is -0.489 e. The van der Waals surface area contributed by atoms with Gasteiger partial charge in [0.2, 0.25) is 0 Å². The molecule has 0 radical (unpaired) electrons. The molecule has 0 saturated heterocycles. The Kier molecular flexibility index (Phi) is 5.26. The van der Waals surface area contributed by atoms with Crippen LogP contribution in [-0.2, 0) is 19.0 Å². The van der Waals surface area contributed by atoms with Gasteiger partial charge in [0, 0.05) is 6.42 Å². The fourth-order valence-electron chi connectivity index (χ4n) is 2.68. The number of hydrogen-bond donors (Lipinski definition) is 2. The first-order chi connectivity index (χ1) is 13.2. The Morgan fingerprint density at radius 1 is 0.857 bits per heavy atom. The van der Waals surface area contributed by atoms with Crippen molar-refractivity contribution in [3.8, 4) is 5.75 Å². The first-order valence-electron chi connectivity index (χ1n) is 8.19. The lowest BCUT2D eigenvalue weighted by molar-refractivity contribution is -0.291. The third kappa shape index (κ3) is 3.92. The van der Waals surface area contributed by atoms with Crippen LogP contribution in [0.2, 0.25) is 0 Å². The Labute approximate surface area is 156 Å². The van der Waals surface area contributed by atoms with Crippen molar-refractivity contribution in [3.05, 3.63) is 87.3 Å². The summed E-state index contributed by atoms with van der Waals surface area (Å²) in [6, 6.07) is 15.4. The predicted octanol–water partition coefficient (Wildman–Crippen LogP) is 4.53. The highest BCUT2D eigenvalue weighted by Crippen LogP contribution is 2.44. The van der Waals surface area contributed by atoms with Crippen molar-refractivity contribution in [1.29, 1.82) is 0 Å². The summed E-state index contributed by atoms with van der Waals surface area (Å²) in [5.41, 5.74) is -2.08. The third-order valence-corrected chi connectivity index (χ3v) is 4.12. The Bertz CT molecular complexity index is 993. The van der Waals surface area contributed by atoms with E-state index in [1.165, 1.54) is 6.07 Å². The van der Waals surface area contributed by atoms with Gasteiger partial charge in [0.05, 0.1) is 5.56 Å². The lowest BCUT2D eigenvalue weighted by Gasteiger charge is -2.19. The summed E-state index contributed by atoms with van der Waals surface area (Å²) in [5.74, 6) is -4.91. The van der Waals surface area contributed by atoms with E-state index in [1.54, 1.807) is 23.3 Å². The Morgan fingerprint density at radius 3 is 2.18 bits per heavy atom. The molecule has 1 heterocycles. The van der Waals surface area contributed by atoms with Gasteiger partial charge in [-0.05, 0) is 17.2 Å². The minimum atomic E-state index is -5.84. The summed E-state index contributed by atoms with van der Waals surface area (Å²) in [4.78, 5) is 11.9. The minimum absolute atomic E-state index is 0.174. The summed E-state index contributed by atoms with van der Waals surface area (Å²) < 4.78 is 71.4. The smallest absolute Gasteiger partial charge is 0.459 e. The maximum absolute atomic E-state index is 13.8. The number of ether oxygens (including phenoxy) is 1. The maximum Gasteiger partial charge on any atom is 0.459 e. The van der Waals surface area contributed by atoms with E-state index in [9.17, 15) is 26.7 Å². The molecule has 9 heteroatoms. The molecule has 28 heavy (non-hydrogen) atoms. The molecule has 0 aliphatic rings. The molecule has 0 aliphatic carbocycles. The molecular weight excluding hydrogens is 383 g/mol. The molecule has 0 aliphatic heterocycles. The molecule has 1 aromatic heterocycles. The molecule has 0 fully saturated rings. The van der Waals surface area contributed by atoms with Crippen LogP contribution in [-0.4, -0.2) is 16.4 Å². The average Bonchev–Trinajstić information content (AvgIpc) is 3.02. The van der Waals surface area contributed by atoms with E-state index in [1.807, 2.05) is 35.4 Å². The number of rotatable bonds is 6. The molecule has 2 N–H and O–H groups in total. The topological polar surface area (TPSA) is 57.9 Å². The van der Waals surface area contributed by atoms with Crippen LogP contribution in [0.25, 0.3) is 0 Å². The van der Waals surface area contributed by atoms with E-state index >= 15 is 0 Å². The second-order valence-corrected chi connectivity index (χ2v) is 6.06. The first-order valence-corrected chi connectivity index (χ1v) is 8.19. The van der Waals surface area contributed by atoms with Crippen molar-refractivity contribution in [1.82, 2.24) is 10.2 Å². The molecule has 0 unspecified atom stereocenters. The SMILES string of the molecule is O=c1[nH][nH]c(C(F)(F)C(F)(F)F)c1Cc1ccccc1OCc1ccccc1. The molecule has 0 saturated carbocycles. The van der Waals surface area contributed by atoms with Gasteiger partial charge < -0.3 is 4.74 Å². The highest BCUT2D eigenvalue weighted by Gasteiger charge is 2.61. The molecule has 4 nitrogen and oxygen atoms in total. The number of benzene rings is 2. The van der Waals surface area contributed by atoms with Crippen LogP contribution in [0.5, 0.6) is 5.75 Å². The molecular formula is C19H15F5N2O2. The summed E-state index contributed by atoms with van der Waals surface area (Å²) in [7, 11) is 0. The van der Waals surface area contributed by atoms with Gasteiger partial charge in [-0.2, -0.15) is 22.0 Å². The van der Waals surface area contributed by atoms with Crippen molar-refractivity contribution < 1.29 is 26.7 Å². The lowest BCUT2D eigenvalue weighted by atomic mass is 10.0. The van der Waals surface area contributed by atoms with E-state index in [0.29, 0.717) is 5.56 Å². The standard InChI is InChI=1S/C19H15F5N2O2/c20-18(21,19(22,23)24)16-14(17(27)26-25-16)10-13-8-4-5-9-15(13)28-11-12-6-2-1-3-7-12/h1-9H,10-11H2,(H2,25,26,27). The number of aromatic amines is 2. The second kappa shape index (κ2) is 7.49. The quantitative estimate of drug-likeness (QED) is 0.600. The van der Waals surface area contributed by atoms with Crippen molar-refractivity contribution >= 4 is 0 Å². The molecule has 2 aromatic carbocycles. The van der Waals surface area contributed by atoms with Gasteiger partial charge in [-0.1, -0.05) is 48.5 Å². The van der Waals surface area contributed by atoms with Crippen LogP contribution >= 0.6 is 0 Å². The van der Waals surface area contributed by atoms with E-state index in [-0.39, 0.29) is 12.4 Å². The van der Waals surface area contributed by atoms with Crippen molar-refractivity contribution in [3.63, 3.8) is 0 Å². The van der Waals surface area contributed by atoms with Gasteiger partial charge in [-0.25, -0.2) is 0 Å². The number of aromatic nitrogens is 2. The molecule has 148 valence electrons. The van der Waals surface area contributed by atoms with Gasteiger partial charge in [0.15, 0.2) is 0 Å². The van der Waals surface area contributed by atoms with E-state index in [0.717, 1.165) is 5.56 Å². The zero-order valence-electron chi connectivity index (χ0n) is 14.3. The van der Waals surface area contributed by atoms with Crippen LogP contribution in [0.3, 0.4) is 0 Å². The Balaban J connectivity index is 1.90. The summed E-state index contributed by atoms with van der Waals surface area (Å²) in [5, 5.41) is 3.48. The van der Waals surface area contributed by atoms with Crippen LogP contribution in [0.1, 0.15) is 22.4 Å². The molecule has 0 amide bonds. The Morgan fingerprint density at radius 2 is 1.50 bits per heavy atom. The fourth-order valence-corrected chi connectivity index (χ4v) is 2.68. The number of H-pyrrole nitrogens is 2. The van der Waals surface area contributed by atoms with E-state index in [4.69, 9.17) is 4.74 Å². The molecule has 0 atom stereocenters. The normalized spacial score (nSPS) is 12.2. The third-order valence-electron chi connectivity index (χ3n) is 4.12. The van der Waals surface area contributed by atoms with Gasteiger partial charge in [-0.3, -0.25) is 15.0 Å². The molecule has 3 aromatic rings. The van der Waals surface area contributed by atoms with Crippen LogP contribution in [0.4, 0.5) is 22.0 Å². The van der Waals surface area contributed by atoms with Gasteiger partial charge >= 0.3 is 12.1 Å². The van der Waals surface area contributed by atoms with Gasteiger partial charge in [-0.15, -0.1) is 0 Å².